The van der Waals surface area contributed by atoms with Crippen molar-refractivity contribution in [1.82, 2.24) is 19.7 Å². The van der Waals surface area contributed by atoms with Crippen LogP contribution in [-0.4, -0.2) is 31.3 Å². The van der Waals surface area contributed by atoms with E-state index in [0.717, 1.165) is 10.9 Å². The molecule has 8 heteroatoms. The fraction of sp³-hybridized carbons (Fsp3) is 0.150. The standard InChI is InChI=1S/C20H17ClN4O2S/c1-25-19(11-27-14-8-6-13(21)7-9-14)23-24-20(25)28-12-18(26)16-10-22-17-5-3-2-4-15(16)17/h2-10,22H,11-12H2,1H3. The smallest absolute Gasteiger partial charge is 0.191 e. The molecule has 6 nitrogen and oxygen atoms in total. The van der Waals surface area contributed by atoms with Crippen LogP contribution in [0.3, 0.4) is 0 Å². The van der Waals surface area contributed by atoms with Crippen LogP contribution in [0.1, 0.15) is 16.2 Å². The van der Waals surface area contributed by atoms with Gasteiger partial charge in [-0.2, -0.15) is 0 Å². The molecule has 2 aromatic carbocycles. The largest absolute Gasteiger partial charge is 0.486 e. The summed E-state index contributed by atoms with van der Waals surface area (Å²) in [5.41, 5.74) is 1.65. The second-order valence-electron chi connectivity index (χ2n) is 6.16. The van der Waals surface area contributed by atoms with Gasteiger partial charge in [0.05, 0.1) is 5.75 Å². The highest BCUT2D eigenvalue weighted by Gasteiger charge is 2.15. The molecule has 4 rings (SSSR count). The lowest BCUT2D eigenvalue weighted by Crippen LogP contribution is -2.06. The van der Waals surface area contributed by atoms with Crippen molar-refractivity contribution in [1.29, 1.82) is 0 Å². The maximum Gasteiger partial charge on any atom is 0.191 e. The number of para-hydroxylation sites is 1. The molecule has 0 saturated carbocycles. The molecule has 0 atom stereocenters. The molecule has 0 spiro atoms. The molecule has 142 valence electrons. The van der Waals surface area contributed by atoms with Crippen LogP contribution in [0, 0.1) is 0 Å². The van der Waals surface area contributed by atoms with Gasteiger partial charge in [-0.05, 0) is 30.3 Å². The minimum absolute atomic E-state index is 0.0458. The molecule has 0 fully saturated rings. The second-order valence-corrected chi connectivity index (χ2v) is 7.54. The molecule has 0 radical (unpaired) electrons. The Morgan fingerprint density at radius 3 is 2.79 bits per heavy atom. The van der Waals surface area contributed by atoms with Crippen molar-refractivity contribution >= 4 is 40.0 Å². The highest BCUT2D eigenvalue weighted by atomic mass is 35.5. The highest BCUT2D eigenvalue weighted by Crippen LogP contribution is 2.23. The normalized spacial score (nSPS) is 11.1. The van der Waals surface area contributed by atoms with Crippen molar-refractivity contribution in [3.8, 4) is 5.75 Å². The van der Waals surface area contributed by atoms with E-state index in [9.17, 15) is 4.79 Å². The fourth-order valence-corrected chi connectivity index (χ4v) is 3.72. The number of Topliss-reactive ketones (excluding diaryl/α,β-unsaturated/α-hetero) is 1. The number of rotatable bonds is 7. The number of nitrogens with zero attached hydrogens (tertiary/aromatic N) is 3. The average molecular weight is 413 g/mol. The van der Waals surface area contributed by atoms with E-state index in [-0.39, 0.29) is 18.1 Å². The molecule has 4 aromatic rings. The van der Waals surface area contributed by atoms with Gasteiger partial charge in [-0.3, -0.25) is 4.79 Å². The number of hydrogen-bond acceptors (Lipinski definition) is 5. The van der Waals surface area contributed by atoms with Gasteiger partial charge >= 0.3 is 0 Å². The molecule has 0 aliphatic carbocycles. The van der Waals surface area contributed by atoms with Crippen LogP contribution in [0.5, 0.6) is 5.75 Å². The quantitative estimate of drug-likeness (QED) is 0.357. The summed E-state index contributed by atoms with van der Waals surface area (Å²) >= 11 is 7.23. The topological polar surface area (TPSA) is 72.8 Å². The molecular formula is C20H17ClN4O2S. The number of benzene rings is 2. The van der Waals surface area contributed by atoms with E-state index in [1.807, 2.05) is 35.9 Å². The Hall–Kier alpha value is -2.77. The van der Waals surface area contributed by atoms with Gasteiger partial charge in [-0.25, -0.2) is 0 Å². The van der Waals surface area contributed by atoms with Gasteiger partial charge in [0.25, 0.3) is 0 Å². The third-order valence-corrected chi connectivity index (χ3v) is 5.60. The molecule has 0 bridgehead atoms. The van der Waals surface area contributed by atoms with Crippen LogP contribution in [-0.2, 0) is 13.7 Å². The number of thioether (sulfide) groups is 1. The third-order valence-electron chi connectivity index (χ3n) is 4.33. The van der Waals surface area contributed by atoms with Crippen molar-refractivity contribution in [3.05, 3.63) is 71.1 Å². The van der Waals surface area contributed by atoms with E-state index >= 15 is 0 Å². The molecular weight excluding hydrogens is 396 g/mol. The number of carbonyl (C=O) groups excluding carboxylic acids is 1. The summed E-state index contributed by atoms with van der Waals surface area (Å²) in [7, 11) is 1.86. The van der Waals surface area contributed by atoms with Crippen LogP contribution >= 0.6 is 23.4 Å². The van der Waals surface area contributed by atoms with Gasteiger partial charge in [0, 0.05) is 34.7 Å². The zero-order chi connectivity index (χ0) is 19.5. The summed E-state index contributed by atoms with van der Waals surface area (Å²) in [6.07, 6.45) is 1.76. The minimum atomic E-state index is 0.0458. The predicted octanol–water partition coefficient (Wildman–Crippen LogP) is 4.50. The SMILES string of the molecule is Cn1c(COc2ccc(Cl)cc2)nnc1SCC(=O)c1c[nH]c2ccccc12. The van der Waals surface area contributed by atoms with Crippen molar-refractivity contribution in [2.45, 2.75) is 11.8 Å². The number of carbonyl (C=O) groups is 1. The first-order valence-electron chi connectivity index (χ1n) is 8.60. The minimum Gasteiger partial charge on any atom is -0.486 e. The van der Waals surface area contributed by atoms with E-state index in [0.29, 0.717) is 27.3 Å². The predicted molar refractivity (Wildman–Crippen MR) is 110 cm³/mol. The fourth-order valence-electron chi connectivity index (χ4n) is 2.79. The van der Waals surface area contributed by atoms with Crippen LogP contribution < -0.4 is 4.74 Å². The zero-order valence-electron chi connectivity index (χ0n) is 15.1. The number of ketones is 1. The first kappa shape index (κ1) is 18.6. The van der Waals surface area contributed by atoms with Gasteiger partial charge in [-0.15, -0.1) is 10.2 Å². The average Bonchev–Trinajstić information content (AvgIpc) is 3.29. The zero-order valence-corrected chi connectivity index (χ0v) is 16.6. The lowest BCUT2D eigenvalue weighted by Gasteiger charge is -2.06. The summed E-state index contributed by atoms with van der Waals surface area (Å²) in [4.78, 5) is 15.7. The number of aromatic nitrogens is 4. The van der Waals surface area contributed by atoms with E-state index in [1.54, 1.807) is 30.5 Å². The molecule has 1 N–H and O–H groups in total. The van der Waals surface area contributed by atoms with Gasteiger partial charge in [0.15, 0.2) is 16.8 Å². The molecule has 0 aliphatic heterocycles. The summed E-state index contributed by atoms with van der Waals surface area (Å²) in [5, 5.41) is 10.6. The van der Waals surface area contributed by atoms with Crippen molar-refractivity contribution < 1.29 is 9.53 Å². The number of ether oxygens (including phenoxy) is 1. The Kier molecular flexibility index (Phi) is 5.36. The molecule has 0 amide bonds. The lowest BCUT2D eigenvalue weighted by atomic mass is 10.1. The summed E-state index contributed by atoms with van der Waals surface area (Å²) in [6.45, 7) is 0.280. The molecule has 28 heavy (non-hydrogen) atoms. The van der Waals surface area contributed by atoms with Gasteiger partial charge < -0.3 is 14.3 Å². The Morgan fingerprint density at radius 2 is 1.96 bits per heavy atom. The Balaban J connectivity index is 1.39. The monoisotopic (exact) mass is 412 g/mol. The molecule has 0 unspecified atom stereocenters. The molecule has 0 saturated heterocycles. The van der Waals surface area contributed by atoms with Gasteiger partial charge in [0.2, 0.25) is 0 Å². The third kappa shape index (κ3) is 3.90. The number of nitrogens with one attached hydrogen (secondary N) is 1. The van der Waals surface area contributed by atoms with Crippen LogP contribution in [0.25, 0.3) is 10.9 Å². The molecule has 2 aromatic heterocycles. The Labute approximate surface area is 170 Å². The van der Waals surface area contributed by atoms with Crippen molar-refractivity contribution in [2.24, 2.45) is 7.05 Å². The Morgan fingerprint density at radius 1 is 1.18 bits per heavy atom. The summed E-state index contributed by atoms with van der Waals surface area (Å²) in [5.74, 6) is 1.71. The number of aromatic amines is 1. The van der Waals surface area contributed by atoms with E-state index in [4.69, 9.17) is 16.3 Å². The summed E-state index contributed by atoms with van der Waals surface area (Å²) in [6, 6.07) is 14.9. The first-order chi connectivity index (χ1) is 13.6. The van der Waals surface area contributed by atoms with Gasteiger partial charge in [0.1, 0.15) is 12.4 Å². The highest BCUT2D eigenvalue weighted by molar-refractivity contribution is 7.99. The van der Waals surface area contributed by atoms with E-state index < -0.39 is 0 Å². The number of fused-ring (bicyclic) bond motifs is 1. The van der Waals surface area contributed by atoms with Crippen LogP contribution in [0.15, 0.2) is 59.9 Å². The molecule has 2 heterocycles. The van der Waals surface area contributed by atoms with E-state index in [2.05, 4.69) is 15.2 Å². The second kappa shape index (κ2) is 8.08. The molecule has 0 aliphatic rings. The summed E-state index contributed by atoms with van der Waals surface area (Å²) < 4.78 is 7.55. The number of hydrogen-bond donors (Lipinski definition) is 1. The van der Waals surface area contributed by atoms with Crippen LogP contribution in [0.2, 0.25) is 5.02 Å². The maximum atomic E-state index is 12.6. The van der Waals surface area contributed by atoms with Gasteiger partial charge in [-0.1, -0.05) is 41.6 Å². The van der Waals surface area contributed by atoms with Crippen molar-refractivity contribution in [2.75, 3.05) is 5.75 Å². The van der Waals surface area contributed by atoms with E-state index in [1.165, 1.54) is 11.8 Å². The van der Waals surface area contributed by atoms with Crippen molar-refractivity contribution in [3.63, 3.8) is 0 Å². The Bertz CT molecular complexity index is 1120. The first-order valence-corrected chi connectivity index (χ1v) is 9.97. The number of H-pyrrole nitrogens is 1. The lowest BCUT2D eigenvalue weighted by molar-refractivity contribution is 0.102. The van der Waals surface area contributed by atoms with Crippen LogP contribution in [0.4, 0.5) is 0 Å². The number of halogens is 1. The maximum absolute atomic E-state index is 12.6.